The molecule has 0 fully saturated rings. The second-order valence-electron chi connectivity index (χ2n) is 6.06. The quantitative estimate of drug-likeness (QED) is 0.444. The number of fused-ring (bicyclic) bond motifs is 1. The predicted molar refractivity (Wildman–Crippen MR) is 101 cm³/mol. The van der Waals surface area contributed by atoms with E-state index in [4.69, 9.17) is 0 Å². The molecule has 0 aliphatic carbocycles. The number of amides is 3. The Hall–Kier alpha value is -2.94. The van der Waals surface area contributed by atoms with Crippen molar-refractivity contribution in [3.63, 3.8) is 0 Å². The van der Waals surface area contributed by atoms with E-state index in [1.54, 1.807) is 6.07 Å². The van der Waals surface area contributed by atoms with Crippen LogP contribution in [0.3, 0.4) is 0 Å². The van der Waals surface area contributed by atoms with Crippen LogP contribution in [0.15, 0.2) is 34.2 Å². The average Bonchev–Trinajstić information content (AvgIpc) is 2.84. The molecule has 2 heterocycles. The van der Waals surface area contributed by atoms with E-state index in [0.717, 1.165) is 23.1 Å². The number of rotatable bonds is 6. The van der Waals surface area contributed by atoms with Crippen LogP contribution in [-0.2, 0) is 11.2 Å². The van der Waals surface area contributed by atoms with Gasteiger partial charge in [-0.3, -0.25) is 24.1 Å². The lowest BCUT2D eigenvalue weighted by atomic mass is 10.1. The second-order valence-corrected chi connectivity index (χ2v) is 7.02. The van der Waals surface area contributed by atoms with Crippen LogP contribution in [-0.4, -0.2) is 45.4 Å². The number of aromatic amines is 1. The van der Waals surface area contributed by atoms with Crippen molar-refractivity contribution in [2.75, 3.05) is 18.1 Å². The van der Waals surface area contributed by atoms with E-state index in [-0.39, 0.29) is 28.7 Å². The van der Waals surface area contributed by atoms with E-state index in [0.29, 0.717) is 28.5 Å². The highest BCUT2D eigenvalue weighted by molar-refractivity contribution is 7.99. The van der Waals surface area contributed by atoms with Crippen LogP contribution in [0.5, 0.6) is 0 Å². The molecule has 3 amide bonds. The number of hydrogen-bond acceptors (Lipinski definition) is 6. The van der Waals surface area contributed by atoms with Crippen LogP contribution in [0.25, 0.3) is 0 Å². The molecule has 9 heteroatoms. The molecule has 0 saturated carbocycles. The van der Waals surface area contributed by atoms with Crippen LogP contribution in [0.4, 0.5) is 5.69 Å². The summed E-state index contributed by atoms with van der Waals surface area (Å²) in [6, 6.07) is 6.04. The van der Waals surface area contributed by atoms with Crippen molar-refractivity contribution in [2.24, 2.45) is 0 Å². The van der Waals surface area contributed by atoms with Crippen molar-refractivity contribution in [3.8, 4) is 0 Å². The largest absolute Gasteiger partial charge is 0.325 e. The number of benzene rings is 1. The molecule has 2 N–H and O–H groups in total. The number of anilines is 1. The lowest BCUT2D eigenvalue weighted by Gasteiger charge is -2.06. The maximum Gasteiger partial charge on any atom is 0.261 e. The van der Waals surface area contributed by atoms with Crippen molar-refractivity contribution in [1.82, 2.24) is 14.9 Å². The van der Waals surface area contributed by atoms with Gasteiger partial charge < -0.3 is 10.3 Å². The number of H-pyrrole nitrogens is 1. The molecule has 0 spiro atoms. The van der Waals surface area contributed by atoms with Gasteiger partial charge in [0.2, 0.25) is 5.91 Å². The topological polar surface area (TPSA) is 112 Å². The molecular formula is C18H18N4O4S. The Balaban J connectivity index is 1.65. The SMILES string of the molecule is CCCc1cc(=O)[nH]c(SCC(=O)Nc2ccc3c(c2)C(=O)N(C)C3=O)n1. The Labute approximate surface area is 159 Å². The van der Waals surface area contributed by atoms with E-state index in [9.17, 15) is 19.2 Å². The zero-order valence-electron chi connectivity index (χ0n) is 14.9. The molecule has 8 nitrogen and oxygen atoms in total. The van der Waals surface area contributed by atoms with Gasteiger partial charge in [0, 0.05) is 24.5 Å². The monoisotopic (exact) mass is 386 g/mol. The van der Waals surface area contributed by atoms with Crippen molar-refractivity contribution in [1.29, 1.82) is 0 Å². The number of thioether (sulfide) groups is 1. The summed E-state index contributed by atoms with van der Waals surface area (Å²) >= 11 is 1.12. The molecule has 140 valence electrons. The first-order valence-corrected chi connectivity index (χ1v) is 9.37. The lowest BCUT2D eigenvalue weighted by Crippen LogP contribution is -2.24. The van der Waals surface area contributed by atoms with Crippen LogP contribution < -0.4 is 10.9 Å². The van der Waals surface area contributed by atoms with Gasteiger partial charge in [0.25, 0.3) is 17.4 Å². The normalized spacial score (nSPS) is 13.0. The summed E-state index contributed by atoms with van der Waals surface area (Å²) in [6.45, 7) is 2.00. The zero-order valence-corrected chi connectivity index (χ0v) is 15.7. The maximum absolute atomic E-state index is 12.2. The minimum atomic E-state index is -0.394. The fraction of sp³-hybridized carbons (Fsp3) is 0.278. The minimum absolute atomic E-state index is 0.0440. The molecule has 1 aliphatic rings. The summed E-state index contributed by atoms with van der Waals surface area (Å²) in [4.78, 5) is 55.7. The van der Waals surface area contributed by atoms with Gasteiger partial charge in [-0.05, 0) is 24.6 Å². The minimum Gasteiger partial charge on any atom is -0.325 e. The van der Waals surface area contributed by atoms with Crippen molar-refractivity contribution >= 4 is 35.2 Å². The van der Waals surface area contributed by atoms with E-state index in [2.05, 4.69) is 15.3 Å². The molecule has 1 aromatic carbocycles. The smallest absolute Gasteiger partial charge is 0.261 e. The summed E-state index contributed by atoms with van der Waals surface area (Å²) in [5.41, 5.74) is 1.46. The van der Waals surface area contributed by atoms with Crippen LogP contribution in [0.2, 0.25) is 0 Å². The molecule has 27 heavy (non-hydrogen) atoms. The number of aromatic nitrogens is 2. The third kappa shape index (κ3) is 4.08. The van der Waals surface area contributed by atoms with Gasteiger partial charge in [-0.2, -0.15) is 0 Å². The molecule has 1 aromatic heterocycles. The Morgan fingerprint density at radius 2 is 1.93 bits per heavy atom. The lowest BCUT2D eigenvalue weighted by molar-refractivity contribution is -0.113. The van der Waals surface area contributed by atoms with E-state index in [1.165, 1.54) is 25.2 Å². The highest BCUT2D eigenvalue weighted by Gasteiger charge is 2.32. The van der Waals surface area contributed by atoms with Gasteiger partial charge in [0.15, 0.2) is 5.16 Å². The number of carbonyl (C=O) groups excluding carboxylic acids is 3. The first-order chi connectivity index (χ1) is 12.9. The Kier molecular flexibility index (Phi) is 5.41. The summed E-state index contributed by atoms with van der Waals surface area (Å²) in [6.07, 6.45) is 1.57. The Bertz CT molecular complexity index is 986. The Morgan fingerprint density at radius 3 is 2.67 bits per heavy atom. The average molecular weight is 386 g/mol. The van der Waals surface area contributed by atoms with Gasteiger partial charge in [0.05, 0.1) is 16.9 Å². The third-order valence-corrected chi connectivity index (χ3v) is 4.87. The molecule has 0 bridgehead atoms. The second kappa shape index (κ2) is 7.75. The summed E-state index contributed by atoms with van der Waals surface area (Å²) in [5.74, 6) is -1.02. The summed E-state index contributed by atoms with van der Waals surface area (Å²) in [7, 11) is 1.42. The molecule has 0 radical (unpaired) electrons. The molecule has 0 atom stereocenters. The third-order valence-electron chi connectivity index (χ3n) is 3.99. The number of imide groups is 1. The van der Waals surface area contributed by atoms with Crippen LogP contribution in [0.1, 0.15) is 39.8 Å². The van der Waals surface area contributed by atoms with Crippen molar-refractivity contribution in [2.45, 2.75) is 24.9 Å². The van der Waals surface area contributed by atoms with Gasteiger partial charge in [0.1, 0.15) is 0 Å². The number of nitrogens with zero attached hydrogens (tertiary/aromatic N) is 2. The van der Waals surface area contributed by atoms with Gasteiger partial charge in [-0.1, -0.05) is 25.1 Å². The number of hydrogen-bond donors (Lipinski definition) is 2. The van der Waals surface area contributed by atoms with E-state index in [1.807, 2.05) is 6.92 Å². The molecule has 0 saturated heterocycles. The molecule has 3 rings (SSSR count). The van der Waals surface area contributed by atoms with Gasteiger partial charge in [-0.25, -0.2) is 4.98 Å². The molecule has 2 aromatic rings. The highest BCUT2D eigenvalue weighted by Crippen LogP contribution is 2.25. The first-order valence-electron chi connectivity index (χ1n) is 8.38. The van der Waals surface area contributed by atoms with E-state index >= 15 is 0 Å². The van der Waals surface area contributed by atoms with Gasteiger partial charge in [-0.15, -0.1) is 0 Å². The first kappa shape index (κ1) is 18.8. The molecular weight excluding hydrogens is 368 g/mol. The summed E-state index contributed by atoms with van der Waals surface area (Å²) in [5, 5.41) is 3.07. The standard InChI is InChI=1S/C18H18N4O4S/c1-3-4-10-8-14(23)21-18(20-10)27-9-15(24)19-11-5-6-12-13(7-11)17(26)22(2)16(12)25/h5-8H,3-4,9H2,1-2H3,(H,19,24)(H,20,21,23). The molecule has 0 unspecified atom stereocenters. The number of aryl methyl sites for hydroxylation is 1. The maximum atomic E-state index is 12.2. The number of carbonyl (C=O) groups is 3. The molecule has 1 aliphatic heterocycles. The number of nitrogens with one attached hydrogen (secondary N) is 2. The predicted octanol–water partition coefficient (Wildman–Crippen LogP) is 1.68. The Morgan fingerprint density at radius 1 is 1.19 bits per heavy atom. The fourth-order valence-corrected chi connectivity index (χ4v) is 3.40. The van der Waals surface area contributed by atoms with Gasteiger partial charge >= 0.3 is 0 Å². The highest BCUT2D eigenvalue weighted by atomic mass is 32.2. The van der Waals surface area contributed by atoms with Crippen LogP contribution >= 0.6 is 11.8 Å². The summed E-state index contributed by atoms with van der Waals surface area (Å²) < 4.78 is 0. The van der Waals surface area contributed by atoms with Crippen LogP contribution in [0, 0.1) is 0 Å². The fourth-order valence-electron chi connectivity index (χ4n) is 2.71. The van der Waals surface area contributed by atoms with Crippen molar-refractivity contribution < 1.29 is 14.4 Å². The van der Waals surface area contributed by atoms with E-state index < -0.39 is 5.91 Å². The zero-order chi connectivity index (χ0) is 19.6. The van der Waals surface area contributed by atoms with Crippen molar-refractivity contribution in [3.05, 3.63) is 51.4 Å².